The van der Waals surface area contributed by atoms with E-state index in [1.807, 2.05) is 31.2 Å². The molecule has 0 atom stereocenters. The average molecular weight is 478 g/mol. The Labute approximate surface area is 199 Å². The van der Waals surface area contributed by atoms with Crippen LogP contribution in [0.3, 0.4) is 0 Å². The average Bonchev–Trinajstić information content (AvgIpc) is 3.35. The summed E-state index contributed by atoms with van der Waals surface area (Å²) in [5.41, 5.74) is 4.29. The first-order valence-corrected chi connectivity index (χ1v) is 11.6. The molecule has 6 nitrogen and oxygen atoms in total. The normalized spacial score (nSPS) is 12.6. The molecule has 1 aliphatic rings. The van der Waals surface area contributed by atoms with Crippen LogP contribution >= 0.6 is 22.9 Å². The maximum atomic E-state index is 13.6. The van der Waals surface area contributed by atoms with E-state index in [0.717, 1.165) is 33.9 Å². The van der Waals surface area contributed by atoms with Crippen molar-refractivity contribution >= 4 is 46.1 Å². The number of amides is 2. The second-order valence-corrected chi connectivity index (χ2v) is 9.51. The molecule has 0 aliphatic carbocycles. The van der Waals surface area contributed by atoms with Gasteiger partial charge in [-0.3, -0.25) is 9.59 Å². The van der Waals surface area contributed by atoms with Gasteiger partial charge < -0.3 is 14.6 Å². The van der Waals surface area contributed by atoms with Gasteiger partial charge in [0.1, 0.15) is 0 Å². The fourth-order valence-electron chi connectivity index (χ4n) is 4.01. The number of aromatic nitrogens is 1. The van der Waals surface area contributed by atoms with Crippen molar-refractivity contribution in [2.24, 2.45) is 0 Å². The molecule has 5 rings (SSSR count). The third-order valence-electron chi connectivity index (χ3n) is 5.59. The van der Waals surface area contributed by atoms with Gasteiger partial charge in [0.15, 0.2) is 5.76 Å². The van der Waals surface area contributed by atoms with Gasteiger partial charge in [0.05, 0.1) is 33.2 Å². The van der Waals surface area contributed by atoms with Crippen molar-refractivity contribution in [1.29, 1.82) is 0 Å². The third-order valence-corrected chi connectivity index (χ3v) is 6.93. The Hall–Kier alpha value is -3.42. The molecular weight excluding hydrogens is 458 g/mol. The summed E-state index contributed by atoms with van der Waals surface area (Å²) in [5.74, 6) is -0.328. The van der Waals surface area contributed by atoms with Gasteiger partial charge in [-0.25, -0.2) is 4.98 Å². The number of thiazole rings is 1. The van der Waals surface area contributed by atoms with Crippen LogP contribution in [0.4, 0.5) is 11.4 Å². The number of nitrogens with one attached hydrogen (secondary N) is 1. The Kier molecular flexibility index (Phi) is 5.52. The lowest BCUT2D eigenvalue weighted by Crippen LogP contribution is -2.32. The van der Waals surface area contributed by atoms with Crippen LogP contribution in [0.2, 0.25) is 5.02 Å². The number of benzene rings is 2. The van der Waals surface area contributed by atoms with Gasteiger partial charge in [0, 0.05) is 34.7 Å². The van der Waals surface area contributed by atoms with E-state index in [1.165, 1.54) is 11.1 Å². The molecule has 8 heteroatoms. The number of para-hydroxylation sites is 1. The third kappa shape index (κ3) is 3.94. The molecule has 33 heavy (non-hydrogen) atoms. The molecule has 3 heterocycles. The van der Waals surface area contributed by atoms with Crippen molar-refractivity contribution in [3.05, 3.63) is 86.6 Å². The molecule has 0 unspecified atom stereocenters. The number of carbonyl (C=O) groups excluding carboxylic acids is 2. The largest absolute Gasteiger partial charge is 0.459 e. The topological polar surface area (TPSA) is 75.4 Å². The van der Waals surface area contributed by atoms with E-state index in [4.69, 9.17) is 21.0 Å². The van der Waals surface area contributed by atoms with Crippen molar-refractivity contribution in [3.63, 3.8) is 0 Å². The number of nitrogens with zero attached hydrogens (tertiary/aromatic N) is 2. The number of hydrogen-bond acceptors (Lipinski definition) is 5. The molecule has 166 valence electrons. The SMILES string of the molecule is Cc1nc2c(s1)CCN(C(=O)c1ccc(NC(=O)c3occc3C)cc1Cl)c1ccccc1-2. The fourth-order valence-corrected chi connectivity index (χ4v) is 5.21. The first kappa shape index (κ1) is 21.4. The van der Waals surface area contributed by atoms with Crippen molar-refractivity contribution in [2.75, 3.05) is 16.8 Å². The zero-order valence-electron chi connectivity index (χ0n) is 18.0. The standard InChI is InChI=1S/C25H20ClN3O3S/c1-14-10-12-32-23(14)24(30)28-16-7-8-17(19(26)13-16)25(31)29-11-9-21-22(27-15(2)33-21)18-5-3-4-6-20(18)29/h3-8,10,12-13H,9,11H2,1-2H3,(H,28,30). The van der Waals surface area contributed by atoms with Crippen LogP contribution < -0.4 is 10.2 Å². The van der Waals surface area contributed by atoms with Gasteiger partial charge in [0.2, 0.25) is 0 Å². The fraction of sp³-hybridized carbons (Fsp3) is 0.160. The Balaban J connectivity index is 1.44. The van der Waals surface area contributed by atoms with E-state index < -0.39 is 0 Å². The second kappa shape index (κ2) is 8.50. The summed E-state index contributed by atoms with van der Waals surface area (Å²) in [4.78, 5) is 33.6. The molecule has 1 N–H and O–H groups in total. The van der Waals surface area contributed by atoms with Gasteiger partial charge >= 0.3 is 0 Å². The minimum atomic E-state index is -0.372. The molecule has 0 fully saturated rings. The zero-order chi connectivity index (χ0) is 23.1. The molecule has 0 radical (unpaired) electrons. The minimum absolute atomic E-state index is 0.195. The summed E-state index contributed by atoms with van der Waals surface area (Å²) in [6.07, 6.45) is 2.18. The van der Waals surface area contributed by atoms with Crippen LogP contribution in [0.1, 0.15) is 36.4 Å². The summed E-state index contributed by atoms with van der Waals surface area (Å²) in [5, 5.41) is 4.04. The molecule has 0 saturated carbocycles. The molecule has 0 bridgehead atoms. The lowest BCUT2D eigenvalue weighted by atomic mass is 10.1. The number of fused-ring (bicyclic) bond motifs is 3. The van der Waals surface area contributed by atoms with Gasteiger partial charge in [-0.15, -0.1) is 11.3 Å². The predicted molar refractivity (Wildman–Crippen MR) is 131 cm³/mol. The Bertz CT molecular complexity index is 1390. The summed E-state index contributed by atoms with van der Waals surface area (Å²) in [6, 6.07) is 14.4. The van der Waals surface area contributed by atoms with E-state index in [9.17, 15) is 9.59 Å². The van der Waals surface area contributed by atoms with Crippen LogP contribution in [0.5, 0.6) is 0 Å². The quantitative estimate of drug-likeness (QED) is 0.385. The predicted octanol–water partition coefficient (Wildman–Crippen LogP) is 6.13. The van der Waals surface area contributed by atoms with Gasteiger partial charge in [0.25, 0.3) is 11.8 Å². The van der Waals surface area contributed by atoms with Crippen LogP contribution in [0.15, 0.2) is 59.2 Å². The first-order chi connectivity index (χ1) is 15.9. The molecule has 2 amide bonds. The van der Waals surface area contributed by atoms with Crippen LogP contribution in [0.25, 0.3) is 11.3 Å². The van der Waals surface area contributed by atoms with Crippen molar-refractivity contribution in [3.8, 4) is 11.3 Å². The molecule has 2 aromatic carbocycles. The maximum Gasteiger partial charge on any atom is 0.291 e. The van der Waals surface area contributed by atoms with Crippen LogP contribution in [0, 0.1) is 13.8 Å². The summed E-state index contributed by atoms with van der Waals surface area (Å²) in [7, 11) is 0. The summed E-state index contributed by atoms with van der Waals surface area (Å²) < 4.78 is 5.23. The number of halogens is 1. The van der Waals surface area contributed by atoms with Crippen LogP contribution in [-0.4, -0.2) is 23.3 Å². The lowest BCUT2D eigenvalue weighted by molar-refractivity contribution is 0.0984. The highest BCUT2D eigenvalue weighted by atomic mass is 35.5. The van der Waals surface area contributed by atoms with E-state index in [0.29, 0.717) is 17.8 Å². The first-order valence-electron chi connectivity index (χ1n) is 10.4. The number of anilines is 2. The molecule has 0 spiro atoms. The number of furan rings is 1. The van der Waals surface area contributed by atoms with Crippen molar-refractivity contribution in [2.45, 2.75) is 20.3 Å². The highest BCUT2D eigenvalue weighted by molar-refractivity contribution is 7.12. The highest BCUT2D eigenvalue weighted by Gasteiger charge is 2.28. The number of hydrogen-bond donors (Lipinski definition) is 1. The number of rotatable bonds is 3. The molecule has 0 saturated heterocycles. The second-order valence-electron chi connectivity index (χ2n) is 7.81. The Morgan fingerprint density at radius 3 is 2.73 bits per heavy atom. The Morgan fingerprint density at radius 2 is 1.97 bits per heavy atom. The Morgan fingerprint density at radius 1 is 1.15 bits per heavy atom. The maximum absolute atomic E-state index is 13.6. The zero-order valence-corrected chi connectivity index (χ0v) is 19.6. The van der Waals surface area contributed by atoms with E-state index >= 15 is 0 Å². The van der Waals surface area contributed by atoms with E-state index in [2.05, 4.69) is 5.32 Å². The smallest absolute Gasteiger partial charge is 0.291 e. The van der Waals surface area contributed by atoms with Gasteiger partial charge in [-0.05, 0) is 44.2 Å². The summed E-state index contributed by atoms with van der Waals surface area (Å²) in [6.45, 7) is 4.32. The molecular formula is C25H20ClN3O3S. The number of aryl methyl sites for hydroxylation is 2. The highest BCUT2D eigenvalue weighted by Crippen LogP contribution is 2.39. The lowest BCUT2D eigenvalue weighted by Gasteiger charge is -2.23. The summed E-state index contributed by atoms with van der Waals surface area (Å²) >= 11 is 8.17. The van der Waals surface area contributed by atoms with Crippen LogP contribution in [-0.2, 0) is 6.42 Å². The molecule has 2 aromatic heterocycles. The number of carbonyl (C=O) groups is 2. The van der Waals surface area contributed by atoms with E-state index in [1.54, 1.807) is 47.4 Å². The van der Waals surface area contributed by atoms with Gasteiger partial charge in [-0.1, -0.05) is 29.8 Å². The van der Waals surface area contributed by atoms with Gasteiger partial charge in [-0.2, -0.15) is 0 Å². The monoisotopic (exact) mass is 477 g/mol. The van der Waals surface area contributed by atoms with Crippen molar-refractivity contribution < 1.29 is 14.0 Å². The van der Waals surface area contributed by atoms with E-state index in [-0.39, 0.29) is 22.6 Å². The van der Waals surface area contributed by atoms with Crippen molar-refractivity contribution in [1.82, 2.24) is 4.98 Å². The molecule has 4 aromatic rings. The minimum Gasteiger partial charge on any atom is -0.459 e. The molecule has 1 aliphatic heterocycles.